The van der Waals surface area contributed by atoms with Crippen molar-refractivity contribution in [3.63, 3.8) is 0 Å². The molecule has 21 heavy (non-hydrogen) atoms. The Kier molecular flexibility index (Phi) is 6.26. The fourth-order valence-electron chi connectivity index (χ4n) is 2.33. The highest BCUT2D eigenvalue weighted by atomic mass is 32.1. The highest BCUT2D eigenvalue weighted by Crippen LogP contribution is 2.22. The van der Waals surface area contributed by atoms with Gasteiger partial charge in [0.05, 0.1) is 6.61 Å². The molecule has 2 unspecified atom stereocenters. The Morgan fingerprint density at radius 3 is 3.29 bits per heavy atom. The predicted molar refractivity (Wildman–Crippen MR) is 88.3 cm³/mol. The largest absolute Gasteiger partial charge is 0.364 e. The number of amides is 1. The zero-order chi connectivity index (χ0) is 15.2. The zero-order valence-corrected chi connectivity index (χ0v) is 14.0. The number of thiazole rings is 1. The van der Waals surface area contributed by atoms with Gasteiger partial charge < -0.3 is 15.2 Å². The molecule has 1 aliphatic rings. The van der Waals surface area contributed by atoms with Gasteiger partial charge in [-0.15, -0.1) is 17.9 Å². The van der Waals surface area contributed by atoms with Crippen LogP contribution in [-0.2, 0) is 15.9 Å². The Balaban J connectivity index is 1.99. The first-order valence-electron chi connectivity index (χ1n) is 6.76. The molecule has 1 fully saturated rings. The molecule has 0 spiro atoms. The van der Waals surface area contributed by atoms with Crippen LogP contribution in [-0.4, -0.2) is 47.6 Å². The monoisotopic (exact) mass is 328 g/mol. The van der Waals surface area contributed by atoms with Crippen LogP contribution in [0.1, 0.15) is 11.8 Å². The lowest BCUT2D eigenvalue weighted by atomic mass is 10.1. The lowest BCUT2D eigenvalue weighted by Crippen LogP contribution is -2.56. The number of aromatic nitrogens is 1. The summed E-state index contributed by atoms with van der Waals surface area (Å²) in [6, 6.07) is 0.596. The van der Waals surface area contributed by atoms with E-state index in [1.54, 1.807) is 0 Å². The number of piperazine rings is 1. The maximum atomic E-state index is 11.0. The van der Waals surface area contributed by atoms with Gasteiger partial charge >= 0.3 is 0 Å². The third-order valence-electron chi connectivity index (χ3n) is 3.30. The van der Waals surface area contributed by atoms with Crippen LogP contribution in [0.2, 0.25) is 0 Å². The first-order chi connectivity index (χ1) is 10.1. The molecule has 6 nitrogen and oxygen atoms in total. The number of nitrogens with one attached hydrogen (secondary N) is 2. The van der Waals surface area contributed by atoms with E-state index in [0.29, 0.717) is 17.8 Å². The molecule has 8 heteroatoms. The third-order valence-corrected chi connectivity index (χ3v) is 4.39. The Morgan fingerprint density at radius 1 is 1.81 bits per heavy atom. The van der Waals surface area contributed by atoms with Crippen molar-refractivity contribution in [2.45, 2.75) is 25.6 Å². The number of carbonyl (C=O) groups excluding carboxylic acids is 1. The Hall–Kier alpha value is -0.850. The molecule has 1 saturated heterocycles. The van der Waals surface area contributed by atoms with Crippen LogP contribution >= 0.6 is 20.8 Å². The molecule has 3 atom stereocenters. The molecule has 0 aliphatic carbocycles. The number of hydrogen-bond acceptors (Lipinski definition) is 6. The Bertz CT molecular complexity index is 496. The van der Waals surface area contributed by atoms with Gasteiger partial charge in [0.25, 0.3) is 0 Å². The maximum Gasteiger partial charge on any atom is 0.223 e. The molecule has 0 saturated carbocycles. The molecule has 2 N–H and O–H groups in total. The van der Waals surface area contributed by atoms with Crippen LogP contribution in [0, 0.1) is 0 Å². The van der Waals surface area contributed by atoms with Gasteiger partial charge in [-0.25, -0.2) is 4.98 Å². The second kappa shape index (κ2) is 7.96. The van der Waals surface area contributed by atoms with Crippen LogP contribution < -0.4 is 10.6 Å². The summed E-state index contributed by atoms with van der Waals surface area (Å²) in [6.45, 7) is 8.59. The minimum Gasteiger partial charge on any atom is -0.364 e. The highest BCUT2D eigenvalue weighted by Gasteiger charge is 2.26. The molecule has 116 valence electrons. The standard InChI is InChI=1S/C13H21N4O2PS/c1-3-11-4-14-10(8-19-20)6-17(11)7-12-5-15-13(21-12)16-9(2)18/h3,5,10-11,14H,1,4,6-8,20H2,2H3,(H,15,16,18)/t10-,11?/m0/s1. The molecule has 1 aromatic heterocycles. The van der Waals surface area contributed by atoms with E-state index >= 15 is 0 Å². The fraction of sp³-hybridized carbons (Fsp3) is 0.538. The van der Waals surface area contributed by atoms with Crippen molar-refractivity contribution < 1.29 is 9.32 Å². The van der Waals surface area contributed by atoms with E-state index in [4.69, 9.17) is 4.52 Å². The second-order valence-electron chi connectivity index (χ2n) is 4.98. The van der Waals surface area contributed by atoms with E-state index in [2.05, 4.69) is 36.6 Å². The van der Waals surface area contributed by atoms with Gasteiger partial charge in [0.15, 0.2) is 5.13 Å². The first-order valence-corrected chi connectivity index (χ1v) is 8.05. The molecule has 1 aliphatic heterocycles. The van der Waals surface area contributed by atoms with Crippen molar-refractivity contribution in [2.24, 2.45) is 0 Å². The van der Waals surface area contributed by atoms with E-state index in [-0.39, 0.29) is 11.9 Å². The minimum atomic E-state index is -0.0975. The van der Waals surface area contributed by atoms with E-state index in [9.17, 15) is 4.79 Å². The molecule has 1 amide bonds. The Morgan fingerprint density at radius 2 is 2.62 bits per heavy atom. The van der Waals surface area contributed by atoms with Gasteiger partial charge in [0, 0.05) is 59.2 Å². The van der Waals surface area contributed by atoms with Crippen LogP contribution in [0.3, 0.4) is 0 Å². The van der Waals surface area contributed by atoms with Crippen LogP contribution in [0.4, 0.5) is 5.13 Å². The molecule has 2 heterocycles. The van der Waals surface area contributed by atoms with Gasteiger partial charge in [-0.2, -0.15) is 0 Å². The van der Waals surface area contributed by atoms with Gasteiger partial charge in [-0.3, -0.25) is 9.69 Å². The summed E-state index contributed by atoms with van der Waals surface area (Å²) in [5, 5.41) is 6.80. The van der Waals surface area contributed by atoms with Crippen molar-refractivity contribution >= 4 is 31.8 Å². The number of rotatable bonds is 6. The summed E-state index contributed by atoms with van der Waals surface area (Å²) in [7, 11) is 2.29. The molecule has 0 radical (unpaired) electrons. The lowest BCUT2D eigenvalue weighted by molar-refractivity contribution is -0.114. The van der Waals surface area contributed by atoms with E-state index in [1.807, 2.05) is 12.3 Å². The van der Waals surface area contributed by atoms with Crippen molar-refractivity contribution in [1.29, 1.82) is 0 Å². The van der Waals surface area contributed by atoms with E-state index < -0.39 is 0 Å². The van der Waals surface area contributed by atoms with Crippen molar-refractivity contribution in [1.82, 2.24) is 15.2 Å². The zero-order valence-electron chi connectivity index (χ0n) is 12.0. The van der Waals surface area contributed by atoms with Crippen molar-refractivity contribution in [3.05, 3.63) is 23.7 Å². The van der Waals surface area contributed by atoms with Gasteiger partial charge in [-0.05, 0) is 0 Å². The van der Waals surface area contributed by atoms with Crippen LogP contribution in [0.25, 0.3) is 0 Å². The first kappa shape index (κ1) is 16.5. The van der Waals surface area contributed by atoms with E-state index in [1.165, 1.54) is 18.3 Å². The normalized spacial score (nSPS) is 23.0. The quantitative estimate of drug-likeness (QED) is 0.607. The number of anilines is 1. The smallest absolute Gasteiger partial charge is 0.223 e. The second-order valence-corrected chi connectivity index (χ2v) is 6.43. The molecule has 1 aromatic rings. The molecule has 2 rings (SSSR count). The van der Waals surface area contributed by atoms with Gasteiger partial charge in [0.2, 0.25) is 5.91 Å². The maximum absolute atomic E-state index is 11.0. The van der Waals surface area contributed by atoms with Gasteiger partial charge in [-0.1, -0.05) is 6.08 Å². The summed E-state index contributed by atoms with van der Waals surface area (Å²) in [4.78, 5) is 18.7. The summed E-state index contributed by atoms with van der Waals surface area (Å²) < 4.78 is 5.14. The fourth-order valence-corrected chi connectivity index (χ4v) is 3.45. The topological polar surface area (TPSA) is 66.5 Å². The summed E-state index contributed by atoms with van der Waals surface area (Å²) >= 11 is 1.51. The lowest BCUT2D eigenvalue weighted by Gasteiger charge is -2.38. The SMILES string of the molecule is C=CC1CN[C@H](COP)CN1Cc1cnc(NC(C)=O)s1. The van der Waals surface area contributed by atoms with E-state index in [0.717, 1.165) is 24.5 Å². The van der Waals surface area contributed by atoms with Crippen LogP contribution in [0.5, 0.6) is 0 Å². The third kappa shape index (κ3) is 4.83. The molecule has 0 aromatic carbocycles. The average molecular weight is 328 g/mol. The number of hydrogen-bond donors (Lipinski definition) is 2. The van der Waals surface area contributed by atoms with Gasteiger partial charge in [0.1, 0.15) is 0 Å². The molecular weight excluding hydrogens is 307 g/mol. The predicted octanol–water partition coefficient (Wildman–Crippen LogP) is 1.24. The molecule has 0 bridgehead atoms. The number of carbonyl (C=O) groups is 1. The minimum absolute atomic E-state index is 0.0975. The highest BCUT2D eigenvalue weighted by molar-refractivity contribution is 7.15. The average Bonchev–Trinajstić information content (AvgIpc) is 2.86. The summed E-state index contributed by atoms with van der Waals surface area (Å²) in [5.74, 6) is -0.0975. The van der Waals surface area contributed by atoms with Crippen molar-refractivity contribution in [2.75, 3.05) is 25.0 Å². The van der Waals surface area contributed by atoms with Crippen LogP contribution in [0.15, 0.2) is 18.9 Å². The van der Waals surface area contributed by atoms with Crippen molar-refractivity contribution in [3.8, 4) is 0 Å². The number of nitrogens with zero attached hydrogens (tertiary/aromatic N) is 2. The summed E-state index contributed by atoms with van der Waals surface area (Å²) in [6.07, 6.45) is 3.78. The Labute approximate surface area is 131 Å². The molecular formula is C13H21N4O2PS. The summed E-state index contributed by atoms with van der Waals surface area (Å²) in [5.41, 5.74) is 0.